The minimum atomic E-state index is -0.834. The van der Waals surface area contributed by atoms with E-state index < -0.39 is 12.1 Å². The summed E-state index contributed by atoms with van der Waals surface area (Å²) in [5.41, 5.74) is 0. The van der Waals surface area contributed by atoms with E-state index >= 15 is 0 Å². The predicted octanol–water partition coefficient (Wildman–Crippen LogP) is 18.9. The first-order chi connectivity index (χ1) is 30.7. The first kappa shape index (κ1) is 61.1. The van der Waals surface area contributed by atoms with Crippen molar-refractivity contribution in [2.24, 2.45) is 0 Å². The largest absolute Gasteiger partial charge is 0.394 e. The van der Waals surface area contributed by atoms with Crippen LogP contribution in [0.15, 0.2) is 12.2 Å². The zero-order chi connectivity index (χ0) is 44.9. The van der Waals surface area contributed by atoms with Crippen molar-refractivity contribution in [2.45, 2.75) is 347 Å². The van der Waals surface area contributed by atoms with E-state index in [4.69, 9.17) is 0 Å². The Balaban J connectivity index is 3.36. The summed E-state index contributed by atoms with van der Waals surface area (Å²) in [6.45, 7) is 4.34. The van der Waals surface area contributed by atoms with Gasteiger partial charge in [-0.1, -0.05) is 321 Å². The van der Waals surface area contributed by atoms with Gasteiger partial charge in [0, 0.05) is 6.42 Å². The molecule has 0 fully saturated rings. The summed E-state index contributed by atoms with van der Waals surface area (Å²) < 4.78 is 0. The van der Waals surface area contributed by atoms with Crippen LogP contribution in [0.5, 0.6) is 0 Å². The number of amides is 1. The van der Waals surface area contributed by atoms with E-state index in [0.29, 0.717) is 6.42 Å². The van der Waals surface area contributed by atoms with Gasteiger partial charge in [0.05, 0.1) is 18.8 Å². The molecule has 62 heavy (non-hydrogen) atoms. The maximum absolute atomic E-state index is 12.4. The van der Waals surface area contributed by atoms with Crippen LogP contribution < -0.4 is 5.32 Å². The Morgan fingerprint density at radius 2 is 0.597 bits per heavy atom. The molecule has 4 nitrogen and oxygen atoms in total. The maximum atomic E-state index is 12.4. The summed E-state index contributed by atoms with van der Waals surface area (Å²) in [4.78, 5) is 12.4. The first-order valence-corrected chi connectivity index (χ1v) is 28.9. The number of unbranched alkanes of at least 4 members (excludes halogenated alkanes) is 47. The van der Waals surface area contributed by atoms with Crippen LogP contribution in [0.3, 0.4) is 0 Å². The number of allylic oxidation sites excluding steroid dienone is 1. The molecule has 3 N–H and O–H groups in total. The zero-order valence-corrected chi connectivity index (χ0v) is 42.7. The summed E-state index contributed by atoms with van der Waals surface area (Å²) in [5.74, 6) is -0.0568. The average Bonchev–Trinajstić information content (AvgIpc) is 3.28. The Labute approximate surface area is 390 Å². The molecule has 370 valence electrons. The lowest BCUT2D eigenvalue weighted by Gasteiger charge is -2.20. The standard InChI is InChI=1S/C58H115NO3/c1-3-5-7-9-11-13-15-17-19-20-21-22-23-24-25-26-27-28-29-30-31-32-33-34-35-36-37-38-39-40-42-44-46-48-50-52-54-58(62)59-56(55-60)57(61)53-51-49-47-45-43-41-18-16-14-12-10-8-6-4-2/h51,53,56-57,60-61H,3-50,52,54-55H2,1-2H3,(H,59,62)/b53-51+/t56-,57+/m0/s1. The Morgan fingerprint density at radius 1 is 0.371 bits per heavy atom. The van der Waals surface area contributed by atoms with Gasteiger partial charge in [-0.25, -0.2) is 0 Å². The Kier molecular flexibility index (Phi) is 53.7. The topological polar surface area (TPSA) is 69.6 Å². The molecule has 4 heteroatoms. The maximum Gasteiger partial charge on any atom is 0.220 e. The lowest BCUT2D eigenvalue weighted by molar-refractivity contribution is -0.123. The number of nitrogens with one attached hydrogen (secondary N) is 1. The normalized spacial score (nSPS) is 12.8. The van der Waals surface area contributed by atoms with Crippen LogP contribution in [0.4, 0.5) is 0 Å². The molecule has 0 bridgehead atoms. The molecule has 0 aromatic rings. The number of aliphatic hydroxyl groups is 2. The van der Waals surface area contributed by atoms with Gasteiger partial charge in [0.2, 0.25) is 5.91 Å². The number of hydrogen-bond acceptors (Lipinski definition) is 3. The van der Waals surface area contributed by atoms with Gasteiger partial charge in [-0.05, 0) is 19.3 Å². The summed E-state index contributed by atoms with van der Waals surface area (Å²) in [7, 11) is 0. The Hall–Kier alpha value is -0.870. The van der Waals surface area contributed by atoms with Crippen LogP contribution in [0, 0.1) is 0 Å². The molecule has 0 saturated carbocycles. The van der Waals surface area contributed by atoms with Crippen LogP contribution in [-0.2, 0) is 4.79 Å². The second-order valence-corrected chi connectivity index (χ2v) is 20.1. The van der Waals surface area contributed by atoms with Crippen LogP contribution >= 0.6 is 0 Å². The molecule has 0 rings (SSSR count). The SMILES string of the molecule is CCCCCCCCCCCCCC/C=C/[C@@H](O)[C@H](CO)NC(=O)CCCCCCCCCCCCCCCCCCCCCCCCCCCCCCCCCCCCCC. The highest BCUT2D eigenvalue weighted by atomic mass is 16.3. The van der Waals surface area contributed by atoms with E-state index in [2.05, 4.69) is 19.2 Å². The van der Waals surface area contributed by atoms with Crippen LogP contribution in [-0.4, -0.2) is 34.9 Å². The minimum absolute atomic E-state index is 0.0568. The highest BCUT2D eigenvalue weighted by Gasteiger charge is 2.18. The number of aliphatic hydroxyl groups excluding tert-OH is 2. The van der Waals surface area contributed by atoms with Gasteiger partial charge < -0.3 is 15.5 Å². The van der Waals surface area contributed by atoms with Crippen molar-refractivity contribution in [1.29, 1.82) is 0 Å². The number of hydrogen-bond donors (Lipinski definition) is 3. The van der Waals surface area contributed by atoms with Gasteiger partial charge in [-0.3, -0.25) is 4.79 Å². The van der Waals surface area contributed by atoms with Crippen molar-refractivity contribution in [3.05, 3.63) is 12.2 Å². The molecule has 0 aliphatic heterocycles. The van der Waals surface area contributed by atoms with Crippen molar-refractivity contribution in [3.8, 4) is 0 Å². The molecule has 2 atom stereocenters. The number of rotatable bonds is 54. The fourth-order valence-electron chi connectivity index (χ4n) is 9.36. The van der Waals surface area contributed by atoms with Crippen molar-refractivity contribution < 1.29 is 15.0 Å². The highest BCUT2D eigenvalue weighted by Crippen LogP contribution is 2.18. The summed E-state index contributed by atoms with van der Waals surface area (Å²) in [5, 5.41) is 23.1. The third-order valence-electron chi connectivity index (χ3n) is 13.8. The smallest absolute Gasteiger partial charge is 0.220 e. The van der Waals surface area contributed by atoms with Crippen molar-refractivity contribution >= 4 is 5.91 Å². The monoisotopic (exact) mass is 874 g/mol. The fourth-order valence-corrected chi connectivity index (χ4v) is 9.36. The molecule has 1 amide bonds. The quantitative estimate of drug-likeness (QED) is 0.0421. The summed E-state index contributed by atoms with van der Waals surface area (Å²) >= 11 is 0. The summed E-state index contributed by atoms with van der Waals surface area (Å²) in [6, 6.07) is -0.617. The fraction of sp³-hybridized carbons (Fsp3) is 0.948. The van der Waals surface area contributed by atoms with Gasteiger partial charge in [0.1, 0.15) is 0 Å². The lowest BCUT2D eigenvalue weighted by Crippen LogP contribution is -2.45. The van der Waals surface area contributed by atoms with E-state index in [1.807, 2.05) is 6.08 Å². The molecule has 0 aromatic carbocycles. The molecule has 0 aliphatic rings. The molecule has 0 unspecified atom stereocenters. The molecular formula is C58H115NO3. The molecule has 0 radical (unpaired) electrons. The molecule has 0 aliphatic carbocycles. The van der Waals surface area contributed by atoms with Crippen LogP contribution in [0.2, 0.25) is 0 Å². The second-order valence-electron chi connectivity index (χ2n) is 20.1. The van der Waals surface area contributed by atoms with E-state index in [1.54, 1.807) is 6.08 Å². The third-order valence-corrected chi connectivity index (χ3v) is 13.8. The van der Waals surface area contributed by atoms with Gasteiger partial charge in [0.15, 0.2) is 0 Å². The summed E-state index contributed by atoms with van der Waals surface area (Å²) in [6.07, 6.45) is 71.1. The highest BCUT2D eigenvalue weighted by molar-refractivity contribution is 5.76. The Bertz CT molecular complexity index is 860. The molecule has 0 heterocycles. The van der Waals surface area contributed by atoms with Gasteiger partial charge in [0.25, 0.3) is 0 Å². The zero-order valence-electron chi connectivity index (χ0n) is 42.7. The van der Waals surface area contributed by atoms with Crippen molar-refractivity contribution in [3.63, 3.8) is 0 Å². The molecule has 0 saturated heterocycles. The minimum Gasteiger partial charge on any atom is -0.394 e. The van der Waals surface area contributed by atoms with Crippen LogP contribution in [0.1, 0.15) is 335 Å². The van der Waals surface area contributed by atoms with Gasteiger partial charge in [-0.2, -0.15) is 0 Å². The second kappa shape index (κ2) is 54.5. The molecular weight excluding hydrogens is 759 g/mol. The molecule has 0 spiro atoms. The van der Waals surface area contributed by atoms with E-state index in [9.17, 15) is 15.0 Å². The molecule has 0 aromatic heterocycles. The third kappa shape index (κ3) is 50.1. The van der Waals surface area contributed by atoms with Gasteiger partial charge in [-0.15, -0.1) is 0 Å². The van der Waals surface area contributed by atoms with E-state index in [-0.39, 0.29) is 12.5 Å². The van der Waals surface area contributed by atoms with E-state index in [1.165, 1.54) is 289 Å². The van der Waals surface area contributed by atoms with Crippen molar-refractivity contribution in [2.75, 3.05) is 6.61 Å². The number of carbonyl (C=O) groups is 1. The van der Waals surface area contributed by atoms with Crippen LogP contribution in [0.25, 0.3) is 0 Å². The van der Waals surface area contributed by atoms with E-state index in [0.717, 1.165) is 25.7 Å². The Morgan fingerprint density at radius 3 is 0.839 bits per heavy atom. The average molecular weight is 875 g/mol. The predicted molar refractivity (Wildman–Crippen MR) is 276 cm³/mol. The van der Waals surface area contributed by atoms with Crippen molar-refractivity contribution in [1.82, 2.24) is 5.32 Å². The number of carbonyl (C=O) groups excluding carboxylic acids is 1. The lowest BCUT2D eigenvalue weighted by atomic mass is 10.0. The van der Waals surface area contributed by atoms with Gasteiger partial charge >= 0.3 is 0 Å². The first-order valence-electron chi connectivity index (χ1n) is 28.9.